The van der Waals surface area contributed by atoms with Gasteiger partial charge in [-0.25, -0.2) is 0 Å². The number of rotatable bonds is 15. The Morgan fingerprint density at radius 3 is 2.41 bits per heavy atom. The van der Waals surface area contributed by atoms with E-state index in [2.05, 4.69) is 18.0 Å². The van der Waals surface area contributed by atoms with Gasteiger partial charge in [-0.2, -0.15) is 5.26 Å². The van der Waals surface area contributed by atoms with Gasteiger partial charge in [0.2, 0.25) is 5.91 Å². The minimum Gasteiger partial charge on any atom is -0.461 e. The molecule has 1 aromatic carbocycles. The maximum Gasteiger partial charge on any atom is 0.309 e. The summed E-state index contributed by atoms with van der Waals surface area (Å²) >= 11 is 0. The minimum absolute atomic E-state index is 0.0481. The van der Waals surface area contributed by atoms with Crippen molar-refractivity contribution in [3.8, 4) is 6.07 Å². The predicted molar refractivity (Wildman–Crippen MR) is 148 cm³/mol. The molecule has 0 aromatic heterocycles. The van der Waals surface area contributed by atoms with E-state index < -0.39 is 23.0 Å². The van der Waals surface area contributed by atoms with Crippen LogP contribution >= 0.6 is 0 Å². The highest BCUT2D eigenvalue weighted by molar-refractivity contribution is 5.85. The van der Waals surface area contributed by atoms with Gasteiger partial charge < -0.3 is 19.5 Å². The Hall–Kier alpha value is -3.18. The third-order valence-corrected chi connectivity index (χ3v) is 6.84. The Kier molecular flexibility index (Phi) is 12.7. The van der Waals surface area contributed by atoms with Crippen molar-refractivity contribution in [2.75, 3.05) is 13.2 Å². The fourth-order valence-corrected chi connectivity index (χ4v) is 4.98. The summed E-state index contributed by atoms with van der Waals surface area (Å²) in [7, 11) is 0. The molecule has 2 atom stereocenters. The fraction of sp³-hybridized carbons (Fsp3) is 0.613. The summed E-state index contributed by atoms with van der Waals surface area (Å²) in [5, 5.41) is 12.0. The number of carbonyl (C=O) groups is 3. The van der Waals surface area contributed by atoms with Gasteiger partial charge in [0.05, 0.1) is 48.6 Å². The van der Waals surface area contributed by atoms with Crippen LogP contribution in [0.1, 0.15) is 90.2 Å². The lowest BCUT2D eigenvalue weighted by molar-refractivity contribution is -0.162. The van der Waals surface area contributed by atoms with E-state index in [0.717, 1.165) is 24.8 Å². The Balaban J connectivity index is 2.14. The summed E-state index contributed by atoms with van der Waals surface area (Å²) in [6.07, 6.45) is 6.49. The van der Waals surface area contributed by atoms with Crippen LogP contribution in [-0.4, -0.2) is 42.7 Å². The Morgan fingerprint density at radius 2 is 1.85 bits per heavy atom. The van der Waals surface area contributed by atoms with Crippen molar-refractivity contribution < 1.29 is 28.6 Å². The van der Waals surface area contributed by atoms with Crippen LogP contribution in [-0.2, 0) is 35.2 Å². The summed E-state index contributed by atoms with van der Waals surface area (Å²) in [6.45, 7) is 11.6. The van der Waals surface area contributed by atoms with Crippen molar-refractivity contribution in [3.05, 3.63) is 48.0 Å². The molecule has 0 saturated heterocycles. The highest BCUT2D eigenvalue weighted by Crippen LogP contribution is 2.45. The zero-order valence-electron chi connectivity index (χ0n) is 23.9. The van der Waals surface area contributed by atoms with Crippen molar-refractivity contribution in [1.82, 2.24) is 5.32 Å². The number of nitrogens with zero attached hydrogens (tertiary/aromatic N) is 1. The number of amides is 1. The lowest BCUT2D eigenvalue weighted by Crippen LogP contribution is -2.48. The first-order chi connectivity index (χ1) is 18.5. The average molecular weight is 541 g/mol. The van der Waals surface area contributed by atoms with Gasteiger partial charge in [-0.05, 0) is 64.2 Å². The molecule has 0 bridgehead atoms. The van der Waals surface area contributed by atoms with Crippen molar-refractivity contribution in [2.45, 2.75) is 97.3 Å². The SMILES string of the molecule is C=CCOC(=O)CC(COCc1ccc(C#N)cc1)NC(=O)C1(CC(CCC)C(=O)OC(C)(C)C)CCCC1. The molecule has 1 aliphatic carbocycles. The zero-order chi connectivity index (χ0) is 28.9. The van der Waals surface area contributed by atoms with Gasteiger partial charge in [0.1, 0.15) is 12.2 Å². The molecule has 1 aliphatic rings. The summed E-state index contributed by atoms with van der Waals surface area (Å²) in [4.78, 5) is 39.2. The summed E-state index contributed by atoms with van der Waals surface area (Å²) in [5.41, 5.74) is 0.133. The quantitative estimate of drug-likeness (QED) is 0.234. The maximum atomic E-state index is 13.8. The van der Waals surface area contributed by atoms with Gasteiger partial charge >= 0.3 is 11.9 Å². The second kappa shape index (κ2) is 15.4. The molecular weight excluding hydrogens is 496 g/mol. The van der Waals surface area contributed by atoms with E-state index in [1.54, 1.807) is 12.1 Å². The van der Waals surface area contributed by atoms with Crippen molar-refractivity contribution in [3.63, 3.8) is 0 Å². The minimum atomic E-state index is -0.701. The van der Waals surface area contributed by atoms with Gasteiger partial charge in [-0.1, -0.05) is 51.0 Å². The molecule has 8 nitrogen and oxygen atoms in total. The number of ether oxygens (including phenoxy) is 3. The third kappa shape index (κ3) is 10.8. The van der Waals surface area contributed by atoms with Gasteiger partial charge in [0, 0.05) is 0 Å². The molecule has 8 heteroatoms. The van der Waals surface area contributed by atoms with Gasteiger partial charge in [-0.15, -0.1) is 0 Å². The van der Waals surface area contributed by atoms with E-state index in [1.165, 1.54) is 6.08 Å². The molecule has 1 N–H and O–H groups in total. The molecule has 0 spiro atoms. The zero-order valence-corrected chi connectivity index (χ0v) is 23.9. The Morgan fingerprint density at radius 1 is 1.18 bits per heavy atom. The molecule has 0 radical (unpaired) electrons. The van der Waals surface area contributed by atoms with E-state index >= 15 is 0 Å². The molecule has 39 heavy (non-hydrogen) atoms. The first kappa shape index (κ1) is 32.0. The van der Waals surface area contributed by atoms with E-state index in [4.69, 9.17) is 19.5 Å². The molecule has 1 fully saturated rings. The third-order valence-electron chi connectivity index (χ3n) is 6.84. The van der Waals surface area contributed by atoms with Crippen LogP contribution in [0.25, 0.3) is 0 Å². The van der Waals surface area contributed by atoms with Crippen LogP contribution in [0.15, 0.2) is 36.9 Å². The topological polar surface area (TPSA) is 115 Å². The largest absolute Gasteiger partial charge is 0.461 e. The number of carbonyl (C=O) groups excluding carboxylic acids is 3. The van der Waals surface area contributed by atoms with Crippen molar-refractivity contribution in [1.29, 1.82) is 5.26 Å². The second-order valence-electron chi connectivity index (χ2n) is 11.4. The second-order valence-corrected chi connectivity index (χ2v) is 11.4. The van der Waals surface area contributed by atoms with Crippen LogP contribution in [0.2, 0.25) is 0 Å². The molecule has 2 rings (SSSR count). The van der Waals surface area contributed by atoms with Crippen LogP contribution in [0.3, 0.4) is 0 Å². The summed E-state index contributed by atoms with van der Waals surface area (Å²) in [5.74, 6) is -1.26. The number of hydrogen-bond acceptors (Lipinski definition) is 7. The maximum absolute atomic E-state index is 13.8. The smallest absolute Gasteiger partial charge is 0.309 e. The van der Waals surface area contributed by atoms with Crippen molar-refractivity contribution in [2.24, 2.45) is 11.3 Å². The molecule has 1 amide bonds. The normalized spacial score (nSPS) is 16.0. The predicted octanol–water partition coefficient (Wildman–Crippen LogP) is 5.39. The van der Waals surface area contributed by atoms with Gasteiger partial charge in [0.15, 0.2) is 0 Å². The molecule has 2 unspecified atom stereocenters. The number of esters is 2. The number of hydrogen-bond donors (Lipinski definition) is 1. The lowest BCUT2D eigenvalue weighted by Gasteiger charge is -2.34. The van der Waals surface area contributed by atoms with E-state index in [-0.39, 0.29) is 44.0 Å². The molecular formula is C31H44N2O6. The number of benzene rings is 1. The first-order valence-corrected chi connectivity index (χ1v) is 13.9. The highest BCUT2D eigenvalue weighted by atomic mass is 16.6. The van der Waals surface area contributed by atoms with E-state index in [1.807, 2.05) is 39.8 Å². The van der Waals surface area contributed by atoms with Crippen LogP contribution < -0.4 is 5.32 Å². The molecule has 1 aromatic rings. The molecule has 0 heterocycles. The average Bonchev–Trinajstić information content (AvgIpc) is 3.36. The van der Waals surface area contributed by atoms with Gasteiger partial charge in [-0.3, -0.25) is 14.4 Å². The number of nitriles is 1. The van der Waals surface area contributed by atoms with E-state index in [9.17, 15) is 14.4 Å². The standard InChI is InChI=1S/C31H44N2O6/c1-6-10-25(28(35)39-30(3,4)5)19-31(15-8-9-16-31)29(36)33-26(18-27(34)38-17-7-2)22-37-21-24-13-11-23(20-32)12-14-24/h7,11-14,25-26H,2,6,8-10,15-19,21-22H2,1,3-5H3,(H,33,36). The monoisotopic (exact) mass is 540 g/mol. The van der Waals surface area contributed by atoms with Crippen LogP contribution in [0.5, 0.6) is 0 Å². The lowest BCUT2D eigenvalue weighted by atomic mass is 9.75. The Labute approximate surface area is 233 Å². The van der Waals surface area contributed by atoms with Crippen LogP contribution in [0.4, 0.5) is 0 Å². The first-order valence-electron chi connectivity index (χ1n) is 13.9. The summed E-state index contributed by atoms with van der Waals surface area (Å²) < 4.78 is 16.7. The molecule has 1 saturated carbocycles. The number of nitrogens with one attached hydrogen (secondary N) is 1. The Bertz CT molecular complexity index is 999. The summed E-state index contributed by atoms with van der Waals surface area (Å²) in [6, 6.07) is 8.53. The van der Waals surface area contributed by atoms with Crippen molar-refractivity contribution >= 4 is 17.8 Å². The van der Waals surface area contributed by atoms with E-state index in [0.29, 0.717) is 31.2 Å². The molecule has 0 aliphatic heterocycles. The highest BCUT2D eigenvalue weighted by Gasteiger charge is 2.45. The van der Waals surface area contributed by atoms with Crippen LogP contribution in [0, 0.1) is 22.7 Å². The molecule has 214 valence electrons. The fourth-order valence-electron chi connectivity index (χ4n) is 4.98. The van der Waals surface area contributed by atoms with Gasteiger partial charge in [0.25, 0.3) is 0 Å².